The average molecular weight is 311 g/mol. The molecular weight excluding hydrogens is 292 g/mol. The lowest BCUT2D eigenvalue weighted by molar-refractivity contribution is 0.113. The third-order valence-corrected chi connectivity index (χ3v) is 4.45. The molecular formula is C11H19F2N3O3S. The Morgan fingerprint density at radius 1 is 1.50 bits per heavy atom. The fraction of sp³-hybridized carbons (Fsp3) is 0.727. The highest BCUT2D eigenvalue weighted by Gasteiger charge is 2.29. The minimum atomic E-state index is -4.12. The van der Waals surface area contributed by atoms with Gasteiger partial charge in [0, 0.05) is 19.3 Å². The lowest BCUT2D eigenvalue weighted by Gasteiger charge is -2.19. The van der Waals surface area contributed by atoms with Gasteiger partial charge in [-0.2, -0.15) is 4.31 Å². The third-order valence-electron chi connectivity index (χ3n) is 2.71. The molecule has 9 heteroatoms. The first-order valence-electron chi connectivity index (χ1n) is 6.25. The Labute approximate surface area is 117 Å². The van der Waals surface area contributed by atoms with Crippen LogP contribution in [0, 0.1) is 6.92 Å². The fourth-order valence-electron chi connectivity index (χ4n) is 1.78. The van der Waals surface area contributed by atoms with Gasteiger partial charge in [0.2, 0.25) is 0 Å². The van der Waals surface area contributed by atoms with E-state index in [9.17, 15) is 17.2 Å². The van der Waals surface area contributed by atoms with Gasteiger partial charge >= 0.3 is 0 Å². The molecule has 1 heterocycles. The van der Waals surface area contributed by atoms with Crippen LogP contribution in [0.2, 0.25) is 0 Å². The molecule has 1 rings (SSSR count). The first-order chi connectivity index (χ1) is 9.32. The van der Waals surface area contributed by atoms with E-state index in [0.717, 1.165) is 6.42 Å². The van der Waals surface area contributed by atoms with Crippen molar-refractivity contribution in [2.24, 2.45) is 0 Å². The summed E-state index contributed by atoms with van der Waals surface area (Å²) < 4.78 is 51.6. The number of halogens is 2. The van der Waals surface area contributed by atoms with E-state index in [4.69, 9.17) is 5.11 Å². The molecule has 0 aromatic carbocycles. The molecule has 1 N–H and O–H groups in total. The highest BCUT2D eigenvalue weighted by Crippen LogP contribution is 2.16. The zero-order chi connectivity index (χ0) is 15.3. The van der Waals surface area contributed by atoms with Crippen LogP contribution in [-0.2, 0) is 16.6 Å². The van der Waals surface area contributed by atoms with Crippen molar-refractivity contribution < 1.29 is 22.3 Å². The molecule has 0 saturated carbocycles. The van der Waals surface area contributed by atoms with Gasteiger partial charge in [-0.25, -0.2) is 22.2 Å². The predicted molar refractivity (Wildman–Crippen MR) is 69.1 cm³/mol. The molecule has 0 spiro atoms. The molecule has 0 saturated heterocycles. The van der Waals surface area contributed by atoms with Crippen LogP contribution in [0.25, 0.3) is 0 Å². The largest absolute Gasteiger partial charge is 0.395 e. The molecule has 0 aliphatic rings. The summed E-state index contributed by atoms with van der Waals surface area (Å²) in [5.41, 5.74) is 0. The molecule has 0 atom stereocenters. The quantitative estimate of drug-likeness (QED) is 0.772. The number of aryl methyl sites for hydroxylation is 2. The van der Waals surface area contributed by atoms with Gasteiger partial charge < -0.3 is 9.67 Å². The first kappa shape index (κ1) is 17.0. The van der Waals surface area contributed by atoms with E-state index >= 15 is 0 Å². The summed E-state index contributed by atoms with van der Waals surface area (Å²) >= 11 is 0. The maximum absolute atomic E-state index is 12.4. The zero-order valence-electron chi connectivity index (χ0n) is 11.5. The van der Waals surface area contributed by atoms with Crippen molar-refractivity contribution in [1.29, 1.82) is 0 Å². The molecule has 0 aliphatic carbocycles. The number of aliphatic hydroxyl groups excluding tert-OH is 1. The van der Waals surface area contributed by atoms with Crippen LogP contribution >= 0.6 is 0 Å². The molecule has 0 fully saturated rings. The molecule has 1 aromatic heterocycles. The lowest BCUT2D eigenvalue weighted by atomic mass is 10.5. The molecule has 0 bridgehead atoms. The van der Waals surface area contributed by atoms with Crippen molar-refractivity contribution in [3.63, 3.8) is 0 Å². The van der Waals surface area contributed by atoms with Crippen LogP contribution in [0.3, 0.4) is 0 Å². The van der Waals surface area contributed by atoms with Crippen LogP contribution in [0.1, 0.15) is 19.2 Å². The van der Waals surface area contributed by atoms with Gasteiger partial charge in [0.15, 0.2) is 5.03 Å². The summed E-state index contributed by atoms with van der Waals surface area (Å²) in [6, 6.07) is 0. The normalized spacial score (nSPS) is 12.6. The molecule has 0 amide bonds. The van der Waals surface area contributed by atoms with E-state index in [1.165, 1.54) is 6.20 Å². The number of aromatic nitrogens is 2. The summed E-state index contributed by atoms with van der Waals surface area (Å²) in [6.45, 7) is 2.32. The van der Waals surface area contributed by atoms with Crippen molar-refractivity contribution in [1.82, 2.24) is 13.9 Å². The monoisotopic (exact) mass is 311 g/mol. The highest BCUT2D eigenvalue weighted by atomic mass is 32.2. The van der Waals surface area contributed by atoms with Gasteiger partial charge in [0.1, 0.15) is 5.82 Å². The second-order valence-corrected chi connectivity index (χ2v) is 6.18. The maximum Gasteiger partial charge on any atom is 0.262 e. The van der Waals surface area contributed by atoms with Crippen LogP contribution in [0.15, 0.2) is 11.2 Å². The van der Waals surface area contributed by atoms with E-state index in [-0.39, 0.29) is 11.6 Å². The number of hydrogen-bond donors (Lipinski definition) is 1. The second kappa shape index (κ2) is 7.09. The Hall–Kier alpha value is -1.06. The molecule has 0 unspecified atom stereocenters. The molecule has 0 radical (unpaired) electrons. The number of aliphatic hydroxyl groups is 1. The standard InChI is InChI=1S/C11H19F2N3O3S/c1-3-4-15-8-11(14-9(15)2)20(18,19)16(5-6-17)7-10(12)13/h8,10,17H,3-7H2,1-2H3. The summed E-state index contributed by atoms with van der Waals surface area (Å²) in [7, 11) is -4.12. The van der Waals surface area contributed by atoms with E-state index < -0.39 is 29.6 Å². The fourth-order valence-corrected chi connectivity index (χ4v) is 3.18. The smallest absolute Gasteiger partial charge is 0.262 e. The molecule has 0 aliphatic heterocycles. The van der Waals surface area contributed by atoms with Gasteiger partial charge in [0.25, 0.3) is 16.4 Å². The number of hydrogen-bond acceptors (Lipinski definition) is 4. The van der Waals surface area contributed by atoms with Crippen molar-refractivity contribution in [2.45, 2.75) is 38.3 Å². The lowest BCUT2D eigenvalue weighted by Crippen LogP contribution is -2.37. The van der Waals surface area contributed by atoms with Gasteiger partial charge in [0.05, 0.1) is 13.2 Å². The zero-order valence-corrected chi connectivity index (χ0v) is 12.3. The topological polar surface area (TPSA) is 75.4 Å². The minimum Gasteiger partial charge on any atom is -0.395 e. The Kier molecular flexibility index (Phi) is 6.03. The summed E-state index contributed by atoms with van der Waals surface area (Å²) in [4.78, 5) is 3.92. The molecule has 1 aromatic rings. The van der Waals surface area contributed by atoms with Gasteiger partial charge in [-0.05, 0) is 13.3 Å². The molecule has 116 valence electrons. The van der Waals surface area contributed by atoms with Gasteiger partial charge in [-0.3, -0.25) is 0 Å². The Morgan fingerprint density at radius 2 is 2.15 bits per heavy atom. The SMILES string of the molecule is CCCn1cc(S(=O)(=O)N(CCO)CC(F)F)nc1C. The van der Waals surface area contributed by atoms with Gasteiger partial charge in [-0.1, -0.05) is 6.92 Å². The second-order valence-electron chi connectivity index (χ2n) is 4.30. The maximum atomic E-state index is 12.4. The van der Waals surface area contributed by atoms with E-state index in [2.05, 4.69) is 4.98 Å². The van der Waals surface area contributed by atoms with E-state index in [1.807, 2.05) is 6.92 Å². The molecule has 6 nitrogen and oxygen atoms in total. The minimum absolute atomic E-state index is 0.266. The van der Waals surface area contributed by atoms with Crippen LogP contribution < -0.4 is 0 Å². The predicted octanol–water partition coefficient (Wildman–Crippen LogP) is 0.850. The molecule has 20 heavy (non-hydrogen) atoms. The number of imidazole rings is 1. The number of rotatable bonds is 8. The number of sulfonamides is 1. The summed E-state index contributed by atoms with van der Waals surface area (Å²) in [6.07, 6.45) is -0.673. The Bertz CT molecular complexity index is 531. The van der Waals surface area contributed by atoms with Crippen LogP contribution in [-0.4, -0.2) is 53.5 Å². The highest BCUT2D eigenvalue weighted by molar-refractivity contribution is 7.89. The average Bonchev–Trinajstić information content (AvgIpc) is 2.71. The van der Waals surface area contributed by atoms with Crippen LogP contribution in [0.4, 0.5) is 8.78 Å². The van der Waals surface area contributed by atoms with E-state index in [0.29, 0.717) is 16.7 Å². The summed E-state index contributed by atoms with van der Waals surface area (Å²) in [5, 5.41) is 8.56. The number of alkyl halides is 2. The number of nitrogens with zero attached hydrogens (tertiary/aromatic N) is 3. The van der Waals surface area contributed by atoms with Crippen molar-refractivity contribution in [3.05, 3.63) is 12.0 Å². The summed E-state index contributed by atoms with van der Waals surface area (Å²) in [5.74, 6) is 0.506. The van der Waals surface area contributed by atoms with Gasteiger partial charge in [-0.15, -0.1) is 0 Å². The van der Waals surface area contributed by atoms with E-state index in [1.54, 1.807) is 11.5 Å². The third kappa shape index (κ3) is 3.97. The van der Waals surface area contributed by atoms with Crippen molar-refractivity contribution >= 4 is 10.0 Å². The van der Waals surface area contributed by atoms with Crippen molar-refractivity contribution in [2.75, 3.05) is 19.7 Å². The van der Waals surface area contributed by atoms with Crippen molar-refractivity contribution in [3.8, 4) is 0 Å². The van der Waals surface area contributed by atoms with Crippen LogP contribution in [0.5, 0.6) is 0 Å². The Morgan fingerprint density at radius 3 is 2.65 bits per heavy atom. The first-order valence-corrected chi connectivity index (χ1v) is 7.69. The Balaban J connectivity index is 3.09.